The summed E-state index contributed by atoms with van der Waals surface area (Å²) in [5.74, 6) is -0.0927. The lowest BCUT2D eigenvalue weighted by Gasteiger charge is -2.33. The molecule has 1 unspecified atom stereocenters. The molecule has 2 aliphatic rings. The van der Waals surface area contributed by atoms with Gasteiger partial charge in [-0.15, -0.1) is 0 Å². The van der Waals surface area contributed by atoms with Crippen LogP contribution in [0.5, 0.6) is 17.4 Å². The summed E-state index contributed by atoms with van der Waals surface area (Å²) in [7, 11) is 0. The first-order chi connectivity index (χ1) is 16.5. The first kappa shape index (κ1) is 22.9. The van der Waals surface area contributed by atoms with Crippen molar-refractivity contribution >= 4 is 11.7 Å². The highest BCUT2D eigenvalue weighted by Gasteiger charge is 2.40. The molecule has 1 N–H and O–H groups in total. The molecule has 1 aromatic carbocycles. The van der Waals surface area contributed by atoms with Gasteiger partial charge in [0.1, 0.15) is 25.9 Å². The lowest BCUT2D eigenvalue weighted by atomic mass is 9.79. The minimum atomic E-state index is -0.664. The van der Waals surface area contributed by atoms with Gasteiger partial charge in [-0.25, -0.2) is 9.78 Å². The summed E-state index contributed by atoms with van der Waals surface area (Å²) in [5, 5.41) is 21.8. The van der Waals surface area contributed by atoms with Crippen LogP contribution >= 0.6 is 0 Å². The third-order valence-corrected chi connectivity index (χ3v) is 5.66. The summed E-state index contributed by atoms with van der Waals surface area (Å²) in [6, 6.07) is 7.53. The lowest BCUT2D eigenvalue weighted by molar-refractivity contribution is -0.139. The smallest absolute Gasteiger partial charge is 0.336 e. The van der Waals surface area contributed by atoms with Gasteiger partial charge in [-0.2, -0.15) is 10.5 Å². The van der Waals surface area contributed by atoms with Crippen LogP contribution in [0.1, 0.15) is 48.4 Å². The summed E-state index contributed by atoms with van der Waals surface area (Å²) in [6.07, 6.45) is 1.80. The molecular formula is C25H24N4O5. The first-order valence-electron chi connectivity index (χ1n) is 11.0. The van der Waals surface area contributed by atoms with Gasteiger partial charge in [-0.3, -0.25) is 0 Å². The van der Waals surface area contributed by atoms with E-state index in [0.717, 1.165) is 11.3 Å². The average Bonchev–Trinajstić information content (AvgIpc) is 2.84. The van der Waals surface area contributed by atoms with Crippen LogP contribution in [0.25, 0.3) is 0 Å². The molecule has 4 rings (SSSR count). The van der Waals surface area contributed by atoms with Crippen molar-refractivity contribution in [3.05, 3.63) is 51.9 Å². The molecule has 0 amide bonds. The van der Waals surface area contributed by atoms with E-state index in [4.69, 9.17) is 24.2 Å². The second kappa shape index (κ2) is 9.72. The second-order valence-corrected chi connectivity index (χ2v) is 7.78. The standard InChI is InChI=1S/C25H24N4O5/c1-4-31-24-20-19(17-7-6-16(12-27)22-23(17)33-11-10-32-22)18(25(30)34-9-5-8-26)15(3)29-21(20)14(2)13-28-24/h6-7,13,19,29H,4-5,9-11H2,1-3H3. The summed E-state index contributed by atoms with van der Waals surface area (Å²) >= 11 is 0. The van der Waals surface area contributed by atoms with E-state index in [1.807, 2.05) is 19.9 Å². The summed E-state index contributed by atoms with van der Waals surface area (Å²) in [5.41, 5.74) is 4.26. The van der Waals surface area contributed by atoms with Crippen LogP contribution in [0.4, 0.5) is 5.69 Å². The van der Waals surface area contributed by atoms with Gasteiger partial charge < -0.3 is 24.3 Å². The Kier molecular flexibility index (Phi) is 6.55. The van der Waals surface area contributed by atoms with Gasteiger partial charge in [0, 0.05) is 17.5 Å². The van der Waals surface area contributed by atoms with Gasteiger partial charge >= 0.3 is 5.97 Å². The first-order valence-corrected chi connectivity index (χ1v) is 11.0. The number of carbonyl (C=O) groups is 1. The van der Waals surface area contributed by atoms with Gasteiger partial charge in [-0.05, 0) is 32.4 Å². The van der Waals surface area contributed by atoms with E-state index in [2.05, 4.69) is 16.4 Å². The predicted molar refractivity (Wildman–Crippen MR) is 122 cm³/mol. The Bertz CT molecular complexity index is 1260. The number of allylic oxidation sites excluding steroid dienone is 1. The molecule has 0 aliphatic carbocycles. The van der Waals surface area contributed by atoms with E-state index in [1.165, 1.54) is 0 Å². The number of nitrogens with zero attached hydrogens (tertiary/aromatic N) is 3. The SMILES string of the molecule is CCOc1ncc(C)c2c1C(c1ccc(C#N)c3c1OCCO3)C(C(=O)OCCC#N)=C(C)N2. The van der Waals surface area contributed by atoms with Gasteiger partial charge in [0.25, 0.3) is 0 Å². The number of ether oxygens (including phenoxy) is 4. The molecule has 0 spiro atoms. The van der Waals surface area contributed by atoms with Crippen molar-refractivity contribution in [1.82, 2.24) is 4.98 Å². The zero-order valence-electron chi connectivity index (χ0n) is 19.2. The molecule has 0 bridgehead atoms. The monoisotopic (exact) mass is 460 g/mol. The fourth-order valence-electron chi connectivity index (χ4n) is 4.23. The number of benzene rings is 1. The van der Waals surface area contributed by atoms with Crippen LogP contribution in [-0.2, 0) is 9.53 Å². The maximum absolute atomic E-state index is 13.3. The van der Waals surface area contributed by atoms with E-state index >= 15 is 0 Å². The van der Waals surface area contributed by atoms with Crippen LogP contribution in [0.15, 0.2) is 29.6 Å². The van der Waals surface area contributed by atoms with Crippen LogP contribution in [0.2, 0.25) is 0 Å². The number of esters is 1. The Balaban J connectivity index is 1.98. The highest BCUT2D eigenvalue weighted by Crippen LogP contribution is 2.51. The third-order valence-electron chi connectivity index (χ3n) is 5.66. The fraction of sp³-hybridized carbons (Fsp3) is 0.360. The van der Waals surface area contributed by atoms with Crippen molar-refractivity contribution in [3.63, 3.8) is 0 Å². The van der Waals surface area contributed by atoms with Crippen LogP contribution in [0.3, 0.4) is 0 Å². The van der Waals surface area contributed by atoms with E-state index in [0.29, 0.717) is 65.2 Å². The van der Waals surface area contributed by atoms with Crippen molar-refractivity contribution in [2.75, 3.05) is 31.7 Å². The molecular weight excluding hydrogens is 436 g/mol. The molecule has 3 heterocycles. The highest BCUT2D eigenvalue weighted by molar-refractivity contribution is 5.95. The summed E-state index contributed by atoms with van der Waals surface area (Å²) < 4.78 is 23.1. The number of pyridine rings is 1. The molecule has 34 heavy (non-hydrogen) atoms. The summed E-state index contributed by atoms with van der Waals surface area (Å²) in [6.45, 7) is 6.55. The maximum Gasteiger partial charge on any atom is 0.336 e. The molecule has 2 aliphatic heterocycles. The largest absolute Gasteiger partial charge is 0.486 e. The molecule has 9 heteroatoms. The number of hydrogen-bond donors (Lipinski definition) is 1. The van der Waals surface area contributed by atoms with E-state index < -0.39 is 11.9 Å². The molecule has 1 atom stereocenters. The van der Waals surface area contributed by atoms with E-state index in [1.54, 1.807) is 25.3 Å². The van der Waals surface area contributed by atoms with Crippen LogP contribution in [-0.4, -0.2) is 37.4 Å². The molecule has 0 saturated heterocycles. The molecule has 0 radical (unpaired) electrons. The second-order valence-electron chi connectivity index (χ2n) is 7.78. The number of nitrogens with one attached hydrogen (secondary N) is 1. The number of nitriles is 2. The lowest BCUT2D eigenvalue weighted by Crippen LogP contribution is -2.27. The Morgan fingerprint density at radius 3 is 2.71 bits per heavy atom. The number of hydrogen-bond acceptors (Lipinski definition) is 9. The van der Waals surface area contributed by atoms with Crippen molar-refractivity contribution in [3.8, 4) is 29.5 Å². The van der Waals surface area contributed by atoms with E-state index in [-0.39, 0.29) is 13.0 Å². The molecule has 9 nitrogen and oxygen atoms in total. The van der Waals surface area contributed by atoms with Crippen molar-refractivity contribution in [2.24, 2.45) is 0 Å². The van der Waals surface area contributed by atoms with Crippen LogP contribution < -0.4 is 19.5 Å². The van der Waals surface area contributed by atoms with Crippen molar-refractivity contribution in [2.45, 2.75) is 33.1 Å². The molecule has 1 aromatic heterocycles. The van der Waals surface area contributed by atoms with Gasteiger partial charge in [-0.1, -0.05) is 6.07 Å². The molecule has 2 aromatic rings. The number of rotatable bonds is 6. The van der Waals surface area contributed by atoms with Gasteiger partial charge in [0.15, 0.2) is 11.5 Å². The summed E-state index contributed by atoms with van der Waals surface area (Å²) in [4.78, 5) is 17.8. The molecule has 0 saturated carbocycles. The van der Waals surface area contributed by atoms with Crippen LogP contribution in [0, 0.1) is 29.6 Å². The Hall–Kier alpha value is -4.24. The number of anilines is 1. The number of carbonyl (C=O) groups excluding carboxylic acids is 1. The number of aromatic nitrogens is 1. The van der Waals surface area contributed by atoms with Gasteiger partial charge in [0.05, 0.1) is 47.4 Å². The third kappa shape index (κ3) is 3.97. The quantitative estimate of drug-likeness (QED) is 0.507. The minimum Gasteiger partial charge on any atom is -0.486 e. The Morgan fingerprint density at radius 1 is 1.24 bits per heavy atom. The molecule has 0 fully saturated rings. The minimum absolute atomic E-state index is 0.0266. The maximum atomic E-state index is 13.3. The zero-order valence-corrected chi connectivity index (χ0v) is 19.2. The number of aryl methyl sites for hydroxylation is 1. The highest BCUT2D eigenvalue weighted by atomic mass is 16.6. The zero-order chi connectivity index (χ0) is 24.2. The Labute approximate surface area is 197 Å². The predicted octanol–water partition coefficient (Wildman–Crippen LogP) is 3.72. The van der Waals surface area contributed by atoms with Gasteiger partial charge in [0.2, 0.25) is 5.88 Å². The normalized spacial score (nSPS) is 16.0. The fourth-order valence-corrected chi connectivity index (χ4v) is 4.23. The average molecular weight is 460 g/mol. The van der Waals surface area contributed by atoms with E-state index in [9.17, 15) is 10.1 Å². The van der Waals surface area contributed by atoms with Crippen molar-refractivity contribution < 1.29 is 23.7 Å². The number of fused-ring (bicyclic) bond motifs is 2. The van der Waals surface area contributed by atoms with Crippen molar-refractivity contribution in [1.29, 1.82) is 10.5 Å². The Morgan fingerprint density at radius 2 is 2.00 bits per heavy atom. The topological polar surface area (TPSA) is 126 Å². The molecule has 174 valence electrons.